The van der Waals surface area contributed by atoms with Crippen molar-refractivity contribution in [3.63, 3.8) is 0 Å². The summed E-state index contributed by atoms with van der Waals surface area (Å²) in [5.41, 5.74) is -1.49. The van der Waals surface area contributed by atoms with Gasteiger partial charge in [0.05, 0.1) is 5.56 Å². The van der Waals surface area contributed by atoms with E-state index in [1.165, 1.54) is 0 Å². The van der Waals surface area contributed by atoms with E-state index in [0.717, 1.165) is 0 Å². The third-order valence-corrected chi connectivity index (χ3v) is 2.14. The van der Waals surface area contributed by atoms with Gasteiger partial charge in [0.15, 0.2) is 0 Å². The fraction of sp³-hybridized carbons (Fsp3) is 0.143. The van der Waals surface area contributed by atoms with Gasteiger partial charge in [0, 0.05) is 4.90 Å². The number of hydrogen-bond donors (Lipinski definition) is 0. The quantitative estimate of drug-likeness (QED) is 0.367. The Morgan fingerprint density at radius 3 is 2.20 bits per heavy atom. The van der Waals surface area contributed by atoms with E-state index >= 15 is 0 Å². The third kappa shape index (κ3) is 3.84. The zero-order valence-electron chi connectivity index (χ0n) is 7.47. The molecule has 0 aliphatic heterocycles. The molecule has 0 bridgehead atoms. The smallest absolute Gasteiger partial charge is 0.768 e. The van der Waals surface area contributed by atoms with Crippen LogP contribution in [0.2, 0.25) is 0 Å². The topological polar surface area (TPSA) is 40.1 Å². The maximum Gasteiger partial charge on any atom is 1.00 e. The first kappa shape index (κ1) is 15.0. The van der Waals surface area contributed by atoms with Crippen molar-refractivity contribution in [2.75, 3.05) is 0 Å². The summed E-state index contributed by atoms with van der Waals surface area (Å²) in [6, 6.07) is 1.37. The molecule has 0 aliphatic carbocycles. The van der Waals surface area contributed by atoms with Crippen molar-refractivity contribution >= 4 is 11.1 Å². The largest absolute Gasteiger partial charge is 1.00 e. The summed E-state index contributed by atoms with van der Waals surface area (Å²) in [6.07, 6.45) is -4.88. The van der Waals surface area contributed by atoms with Gasteiger partial charge < -0.3 is 4.55 Å². The Morgan fingerprint density at radius 2 is 1.80 bits per heavy atom. The molecule has 78 valence electrons. The standard InChI is InChI=1S/C7H4F4O2S.Na/c8-4-1-2-6(14(12)13)5(3-4)7(9,10)11;/h1-3H,(H,12,13);/q;+1/p-1. The van der Waals surface area contributed by atoms with E-state index in [1.807, 2.05) is 0 Å². The Kier molecular flexibility index (Phi) is 5.42. The molecule has 1 rings (SSSR count). The maximum atomic E-state index is 12.4. The predicted octanol–water partition coefficient (Wildman–Crippen LogP) is -0.913. The minimum Gasteiger partial charge on any atom is -0.768 e. The summed E-state index contributed by atoms with van der Waals surface area (Å²) in [5, 5.41) is 0. The van der Waals surface area contributed by atoms with Crippen LogP contribution in [0.4, 0.5) is 17.6 Å². The second-order valence-corrected chi connectivity index (χ2v) is 3.28. The van der Waals surface area contributed by atoms with Gasteiger partial charge in [0.25, 0.3) is 0 Å². The van der Waals surface area contributed by atoms with Crippen molar-refractivity contribution in [2.24, 2.45) is 0 Å². The normalized spacial score (nSPS) is 13.1. The van der Waals surface area contributed by atoms with Gasteiger partial charge in [-0.2, -0.15) is 13.2 Å². The summed E-state index contributed by atoms with van der Waals surface area (Å²) < 4.78 is 69.6. The number of alkyl halides is 3. The molecule has 8 heteroatoms. The molecular formula is C7H3F4NaO2S. The van der Waals surface area contributed by atoms with E-state index in [2.05, 4.69) is 0 Å². The van der Waals surface area contributed by atoms with Crippen LogP contribution in [0.25, 0.3) is 0 Å². The minimum absolute atomic E-state index is 0. The van der Waals surface area contributed by atoms with Gasteiger partial charge in [0.2, 0.25) is 0 Å². The fourth-order valence-corrected chi connectivity index (χ4v) is 1.40. The van der Waals surface area contributed by atoms with E-state index in [-0.39, 0.29) is 35.6 Å². The summed E-state index contributed by atoms with van der Waals surface area (Å²) in [7, 11) is 0. The second-order valence-electron chi connectivity index (χ2n) is 2.37. The molecule has 1 unspecified atom stereocenters. The monoisotopic (exact) mass is 250 g/mol. The van der Waals surface area contributed by atoms with Gasteiger partial charge in [-0.3, -0.25) is 4.21 Å². The molecule has 0 fully saturated rings. The van der Waals surface area contributed by atoms with Crippen LogP contribution in [0.3, 0.4) is 0 Å². The van der Waals surface area contributed by atoms with Gasteiger partial charge in [0.1, 0.15) is 5.82 Å². The van der Waals surface area contributed by atoms with Crippen molar-refractivity contribution in [2.45, 2.75) is 11.1 Å². The van der Waals surface area contributed by atoms with E-state index in [9.17, 15) is 26.3 Å². The molecule has 2 nitrogen and oxygen atoms in total. The first-order valence-corrected chi connectivity index (χ1v) is 4.36. The van der Waals surface area contributed by atoms with Crippen molar-refractivity contribution in [1.82, 2.24) is 0 Å². The summed E-state index contributed by atoms with van der Waals surface area (Å²) in [4.78, 5) is -0.959. The summed E-state index contributed by atoms with van der Waals surface area (Å²) >= 11 is -3.03. The molecule has 0 heterocycles. The van der Waals surface area contributed by atoms with E-state index in [0.29, 0.717) is 12.1 Å². The average molecular weight is 250 g/mol. The Bertz CT molecular complexity index is 380. The molecule has 0 saturated carbocycles. The SMILES string of the molecule is O=S([O-])c1ccc(F)cc1C(F)(F)F.[Na+]. The van der Waals surface area contributed by atoms with Crippen LogP contribution in [0.15, 0.2) is 23.1 Å². The van der Waals surface area contributed by atoms with E-state index in [4.69, 9.17) is 0 Å². The molecule has 15 heavy (non-hydrogen) atoms. The minimum atomic E-state index is -4.88. The van der Waals surface area contributed by atoms with Crippen molar-refractivity contribution in [3.8, 4) is 0 Å². The van der Waals surface area contributed by atoms with Crippen LogP contribution in [-0.2, 0) is 17.3 Å². The average Bonchev–Trinajstić information content (AvgIpc) is 2.01. The van der Waals surface area contributed by atoms with Gasteiger partial charge in [-0.1, -0.05) is 0 Å². The fourth-order valence-electron chi connectivity index (χ4n) is 0.869. The van der Waals surface area contributed by atoms with Crippen LogP contribution in [0.1, 0.15) is 5.56 Å². The van der Waals surface area contributed by atoms with Gasteiger partial charge in [-0.05, 0) is 29.3 Å². The number of rotatable bonds is 1. The van der Waals surface area contributed by atoms with Crippen LogP contribution in [0.5, 0.6) is 0 Å². The maximum absolute atomic E-state index is 12.4. The van der Waals surface area contributed by atoms with Gasteiger partial charge >= 0.3 is 35.7 Å². The molecular weight excluding hydrogens is 247 g/mol. The number of halogens is 4. The van der Waals surface area contributed by atoms with Crippen LogP contribution in [-0.4, -0.2) is 8.76 Å². The molecule has 0 spiro atoms. The Balaban J connectivity index is 0.00000196. The zero-order chi connectivity index (χ0) is 10.9. The molecule has 0 radical (unpaired) electrons. The second kappa shape index (κ2) is 5.40. The van der Waals surface area contributed by atoms with Crippen LogP contribution >= 0.6 is 0 Å². The molecule has 1 aromatic rings. The predicted molar refractivity (Wildman–Crippen MR) is 38.6 cm³/mol. The molecule has 0 saturated heterocycles. The molecule has 0 amide bonds. The summed E-state index contributed by atoms with van der Waals surface area (Å²) in [6.45, 7) is 0. The van der Waals surface area contributed by atoms with Crippen molar-refractivity contribution in [3.05, 3.63) is 29.6 Å². The van der Waals surface area contributed by atoms with E-state index < -0.39 is 33.5 Å². The van der Waals surface area contributed by atoms with Gasteiger partial charge in [-0.25, -0.2) is 4.39 Å². The molecule has 0 aliphatic rings. The van der Waals surface area contributed by atoms with Crippen LogP contribution in [0, 0.1) is 5.82 Å². The first-order chi connectivity index (χ1) is 6.32. The zero-order valence-corrected chi connectivity index (χ0v) is 10.3. The van der Waals surface area contributed by atoms with E-state index in [1.54, 1.807) is 0 Å². The molecule has 0 aromatic heterocycles. The summed E-state index contributed by atoms with van der Waals surface area (Å²) in [5.74, 6) is -1.13. The van der Waals surface area contributed by atoms with Crippen molar-refractivity contribution in [1.29, 1.82) is 0 Å². The van der Waals surface area contributed by atoms with Gasteiger partial charge in [-0.15, -0.1) is 0 Å². The number of hydrogen-bond acceptors (Lipinski definition) is 2. The van der Waals surface area contributed by atoms with Crippen LogP contribution < -0.4 is 29.6 Å². The molecule has 0 N–H and O–H groups in total. The third-order valence-electron chi connectivity index (χ3n) is 1.43. The Labute approximate surface area is 107 Å². The molecule has 1 aromatic carbocycles. The molecule has 1 atom stereocenters. The van der Waals surface area contributed by atoms with Crippen molar-refractivity contribution < 1.29 is 55.9 Å². The Hall–Kier alpha value is 0.0500. The number of benzene rings is 1. The first-order valence-electron chi connectivity index (χ1n) is 3.28. The Morgan fingerprint density at radius 1 is 1.27 bits per heavy atom.